The van der Waals surface area contributed by atoms with Crippen LogP contribution in [0, 0.1) is 0 Å². The van der Waals surface area contributed by atoms with Gasteiger partial charge in [0, 0.05) is 32.6 Å². The molecule has 34 heavy (non-hydrogen) atoms. The lowest BCUT2D eigenvalue weighted by Gasteiger charge is -2.13. The summed E-state index contributed by atoms with van der Waals surface area (Å²) in [7, 11) is 3.33. The standard InChI is InChI=1S/C16H15ClN6O2.C8H10O/c1-23(2)15(24)10-4-3-9(7-12(10)17)21-16-20-8-11(13(18)22-16)14-19-5-6-25-14;9-7-6-8-4-2-1-3-5-8/h3-8H,1-2H3,(H3,18,20,21,22);1-5,9H,6-7H2. The molecule has 0 radical (unpaired) electrons. The second-order valence-corrected chi connectivity index (χ2v) is 7.72. The third-order valence-electron chi connectivity index (χ3n) is 4.59. The fraction of sp³-hybridized carbons (Fsp3) is 0.167. The number of oxazole rings is 1. The van der Waals surface area contributed by atoms with Crippen molar-refractivity contribution < 1.29 is 14.3 Å². The van der Waals surface area contributed by atoms with Gasteiger partial charge in [-0.25, -0.2) is 9.97 Å². The van der Waals surface area contributed by atoms with Gasteiger partial charge < -0.3 is 25.5 Å². The van der Waals surface area contributed by atoms with Gasteiger partial charge in [0.25, 0.3) is 5.91 Å². The first-order valence-corrected chi connectivity index (χ1v) is 10.7. The van der Waals surface area contributed by atoms with Crippen molar-refractivity contribution in [2.24, 2.45) is 0 Å². The smallest absolute Gasteiger partial charge is 0.254 e. The molecule has 4 aromatic rings. The number of hydrogen-bond acceptors (Lipinski definition) is 8. The summed E-state index contributed by atoms with van der Waals surface area (Å²) in [6, 6.07) is 14.9. The number of benzene rings is 2. The number of nitrogens with one attached hydrogen (secondary N) is 1. The molecule has 2 aromatic heterocycles. The summed E-state index contributed by atoms with van der Waals surface area (Å²) in [6.07, 6.45) is 5.24. The first kappa shape index (κ1) is 24.7. The van der Waals surface area contributed by atoms with Gasteiger partial charge in [-0.15, -0.1) is 0 Å². The van der Waals surface area contributed by atoms with E-state index in [9.17, 15) is 4.79 Å². The molecule has 0 aliphatic carbocycles. The topological polar surface area (TPSA) is 130 Å². The van der Waals surface area contributed by atoms with Crippen LogP contribution in [0.2, 0.25) is 5.02 Å². The van der Waals surface area contributed by atoms with Crippen LogP contribution in [0.4, 0.5) is 17.5 Å². The number of halogens is 1. The minimum atomic E-state index is -0.174. The molecule has 0 spiro atoms. The van der Waals surface area contributed by atoms with Crippen LogP contribution < -0.4 is 11.1 Å². The Hall–Kier alpha value is -3.95. The maximum Gasteiger partial charge on any atom is 0.254 e. The molecular weight excluding hydrogens is 456 g/mol. The second kappa shape index (κ2) is 11.8. The van der Waals surface area contributed by atoms with Gasteiger partial charge in [0.2, 0.25) is 11.8 Å². The van der Waals surface area contributed by atoms with Gasteiger partial charge in [-0.1, -0.05) is 41.9 Å². The van der Waals surface area contributed by atoms with Crippen LogP contribution in [0.25, 0.3) is 11.5 Å². The fourth-order valence-corrected chi connectivity index (χ4v) is 3.15. The zero-order valence-corrected chi connectivity index (χ0v) is 19.5. The molecule has 0 aliphatic rings. The highest BCUT2D eigenvalue weighted by Gasteiger charge is 2.14. The average molecular weight is 481 g/mol. The van der Waals surface area contributed by atoms with Crippen LogP contribution in [0.5, 0.6) is 0 Å². The van der Waals surface area contributed by atoms with Crippen molar-refractivity contribution in [2.45, 2.75) is 6.42 Å². The number of amides is 1. The number of aromatic nitrogens is 3. The number of carbonyl (C=O) groups is 1. The van der Waals surface area contributed by atoms with Crippen molar-refractivity contribution in [1.29, 1.82) is 0 Å². The van der Waals surface area contributed by atoms with E-state index in [0.29, 0.717) is 27.7 Å². The quantitative estimate of drug-likeness (QED) is 0.377. The highest BCUT2D eigenvalue weighted by Crippen LogP contribution is 2.26. The number of carbonyl (C=O) groups excluding carboxylic acids is 1. The van der Waals surface area contributed by atoms with Crippen LogP contribution in [0.1, 0.15) is 15.9 Å². The Bertz CT molecular complexity index is 1220. The van der Waals surface area contributed by atoms with E-state index < -0.39 is 0 Å². The monoisotopic (exact) mass is 480 g/mol. The van der Waals surface area contributed by atoms with Gasteiger partial charge >= 0.3 is 0 Å². The van der Waals surface area contributed by atoms with Gasteiger partial charge in [0.05, 0.1) is 22.3 Å². The Morgan fingerprint density at radius 2 is 1.94 bits per heavy atom. The van der Waals surface area contributed by atoms with E-state index in [4.69, 9.17) is 26.9 Å². The van der Waals surface area contributed by atoms with Crippen molar-refractivity contribution in [3.8, 4) is 11.5 Å². The van der Waals surface area contributed by atoms with E-state index in [1.54, 1.807) is 32.3 Å². The number of rotatable bonds is 6. The molecule has 2 aromatic carbocycles. The number of aliphatic hydroxyl groups excluding tert-OH is 1. The first-order valence-electron chi connectivity index (χ1n) is 10.3. The molecule has 2 heterocycles. The Morgan fingerprint density at radius 3 is 2.53 bits per heavy atom. The van der Waals surface area contributed by atoms with E-state index in [2.05, 4.69) is 20.3 Å². The lowest BCUT2D eigenvalue weighted by atomic mass is 10.2. The SMILES string of the molecule is CN(C)C(=O)c1ccc(Nc2ncc(-c3ncco3)c(N)n2)cc1Cl.OCCc1ccccc1. The van der Waals surface area contributed by atoms with Crippen molar-refractivity contribution >= 4 is 35.0 Å². The van der Waals surface area contributed by atoms with Gasteiger partial charge in [-0.2, -0.15) is 4.98 Å². The molecule has 0 aliphatic heterocycles. The zero-order valence-electron chi connectivity index (χ0n) is 18.8. The Labute approximate surface area is 202 Å². The highest BCUT2D eigenvalue weighted by molar-refractivity contribution is 6.34. The van der Waals surface area contributed by atoms with E-state index in [-0.39, 0.29) is 24.3 Å². The minimum absolute atomic E-state index is 0.174. The molecule has 4 rings (SSSR count). The lowest BCUT2D eigenvalue weighted by molar-refractivity contribution is 0.0828. The molecule has 0 atom stereocenters. The normalized spacial score (nSPS) is 10.2. The molecule has 10 heteroatoms. The van der Waals surface area contributed by atoms with Crippen molar-refractivity contribution in [1.82, 2.24) is 19.9 Å². The molecule has 0 fully saturated rings. The summed E-state index contributed by atoms with van der Waals surface area (Å²) < 4.78 is 5.18. The molecule has 0 unspecified atom stereocenters. The van der Waals surface area contributed by atoms with E-state index >= 15 is 0 Å². The van der Waals surface area contributed by atoms with E-state index in [1.165, 1.54) is 29.1 Å². The molecule has 0 bridgehead atoms. The van der Waals surface area contributed by atoms with Crippen molar-refractivity contribution in [3.05, 3.63) is 83.3 Å². The molecular formula is C24H25ClN6O3. The number of nitrogen functional groups attached to an aromatic ring is 1. The molecule has 4 N–H and O–H groups in total. The van der Waals surface area contributed by atoms with Crippen molar-refractivity contribution in [3.63, 3.8) is 0 Å². The molecule has 9 nitrogen and oxygen atoms in total. The summed E-state index contributed by atoms with van der Waals surface area (Å²) in [6.45, 7) is 0.240. The number of nitrogens with zero attached hydrogens (tertiary/aromatic N) is 4. The fourth-order valence-electron chi connectivity index (χ4n) is 2.89. The molecule has 176 valence electrons. The third kappa shape index (κ3) is 6.53. The average Bonchev–Trinajstić information content (AvgIpc) is 3.35. The lowest BCUT2D eigenvalue weighted by Crippen LogP contribution is -2.21. The molecule has 1 amide bonds. The first-order chi connectivity index (χ1) is 16.4. The highest BCUT2D eigenvalue weighted by atomic mass is 35.5. The summed E-state index contributed by atoms with van der Waals surface area (Å²) in [5.41, 5.74) is 8.66. The summed E-state index contributed by atoms with van der Waals surface area (Å²) in [5, 5.41) is 11.8. The Morgan fingerprint density at radius 1 is 1.18 bits per heavy atom. The summed E-state index contributed by atoms with van der Waals surface area (Å²) in [5.74, 6) is 0.687. The van der Waals surface area contributed by atoms with E-state index in [1.807, 2.05) is 30.3 Å². The van der Waals surface area contributed by atoms with Crippen LogP contribution in [-0.4, -0.2) is 51.6 Å². The maximum absolute atomic E-state index is 12.0. The second-order valence-electron chi connectivity index (χ2n) is 7.31. The Kier molecular flexibility index (Phi) is 8.55. The van der Waals surface area contributed by atoms with Crippen LogP contribution in [0.15, 0.2) is 71.6 Å². The predicted molar refractivity (Wildman–Crippen MR) is 132 cm³/mol. The summed E-state index contributed by atoms with van der Waals surface area (Å²) >= 11 is 6.18. The van der Waals surface area contributed by atoms with E-state index in [0.717, 1.165) is 6.42 Å². The van der Waals surface area contributed by atoms with Gasteiger partial charge in [-0.3, -0.25) is 4.79 Å². The largest absolute Gasteiger partial charge is 0.444 e. The van der Waals surface area contributed by atoms with Crippen LogP contribution >= 0.6 is 11.6 Å². The van der Waals surface area contributed by atoms with Gasteiger partial charge in [0.15, 0.2) is 0 Å². The van der Waals surface area contributed by atoms with Crippen LogP contribution in [-0.2, 0) is 6.42 Å². The van der Waals surface area contributed by atoms with Crippen molar-refractivity contribution in [2.75, 3.05) is 31.8 Å². The summed E-state index contributed by atoms with van der Waals surface area (Å²) in [4.78, 5) is 25.8. The van der Waals surface area contributed by atoms with Crippen LogP contribution in [0.3, 0.4) is 0 Å². The minimum Gasteiger partial charge on any atom is -0.444 e. The molecule has 0 saturated carbocycles. The maximum atomic E-state index is 12.0. The number of hydrogen-bond donors (Lipinski definition) is 3. The van der Waals surface area contributed by atoms with Gasteiger partial charge in [-0.05, 0) is 30.2 Å². The van der Waals surface area contributed by atoms with Gasteiger partial charge in [0.1, 0.15) is 12.1 Å². The number of aliphatic hydroxyl groups is 1. The zero-order chi connectivity index (χ0) is 24.5. The predicted octanol–water partition coefficient (Wildman–Crippen LogP) is 4.03. The number of nitrogens with two attached hydrogens (primary N) is 1. The third-order valence-corrected chi connectivity index (χ3v) is 4.90. The Balaban J connectivity index is 0.000000302. The number of anilines is 3. The molecule has 0 saturated heterocycles.